The van der Waals surface area contributed by atoms with Gasteiger partial charge in [-0.05, 0) is 18.6 Å². The van der Waals surface area contributed by atoms with Gasteiger partial charge in [0.25, 0.3) is 5.91 Å². The molecule has 0 atom stereocenters. The minimum absolute atomic E-state index is 0.0493. The van der Waals surface area contributed by atoms with E-state index in [1.807, 2.05) is 6.92 Å². The third-order valence-electron chi connectivity index (χ3n) is 2.37. The van der Waals surface area contributed by atoms with Gasteiger partial charge in [-0.3, -0.25) is 9.59 Å². The Kier molecular flexibility index (Phi) is 5.66. The lowest BCUT2D eigenvalue weighted by Gasteiger charge is -2.07. The van der Waals surface area contributed by atoms with Crippen molar-refractivity contribution >= 4 is 11.8 Å². The first kappa shape index (κ1) is 14.8. The first-order chi connectivity index (χ1) is 9.02. The van der Waals surface area contributed by atoms with Gasteiger partial charge in [0.1, 0.15) is 11.5 Å². The zero-order chi connectivity index (χ0) is 14.3. The number of phenols is 2. The quantitative estimate of drug-likeness (QED) is 0.571. The number of hydrogen-bond donors (Lipinski definition) is 4. The summed E-state index contributed by atoms with van der Waals surface area (Å²) >= 11 is 0. The Hall–Kier alpha value is -2.24. The number of aromatic hydroxyl groups is 2. The van der Waals surface area contributed by atoms with Crippen molar-refractivity contribution < 1.29 is 19.8 Å². The van der Waals surface area contributed by atoms with Gasteiger partial charge in [0.05, 0.1) is 0 Å². The predicted molar refractivity (Wildman–Crippen MR) is 70.0 cm³/mol. The number of benzene rings is 1. The number of carbonyl (C=O) groups is 2. The van der Waals surface area contributed by atoms with Crippen LogP contribution in [-0.2, 0) is 4.79 Å². The van der Waals surface area contributed by atoms with Crippen molar-refractivity contribution in [1.82, 2.24) is 10.6 Å². The van der Waals surface area contributed by atoms with E-state index in [1.165, 1.54) is 12.1 Å². The van der Waals surface area contributed by atoms with E-state index in [1.54, 1.807) is 0 Å². The molecule has 1 rings (SSSR count). The van der Waals surface area contributed by atoms with Crippen molar-refractivity contribution in [1.29, 1.82) is 0 Å². The summed E-state index contributed by atoms with van der Waals surface area (Å²) < 4.78 is 0. The van der Waals surface area contributed by atoms with Gasteiger partial charge in [0, 0.05) is 31.1 Å². The number of phenolic OH excluding ortho intramolecular Hbond substituents is 2. The van der Waals surface area contributed by atoms with Crippen LogP contribution in [0.5, 0.6) is 11.5 Å². The highest BCUT2D eigenvalue weighted by Crippen LogP contribution is 2.19. The second kappa shape index (κ2) is 7.25. The third-order valence-corrected chi connectivity index (χ3v) is 2.37. The molecule has 1 aromatic rings. The molecule has 0 aliphatic rings. The van der Waals surface area contributed by atoms with Crippen LogP contribution in [0.25, 0.3) is 0 Å². The van der Waals surface area contributed by atoms with E-state index in [-0.39, 0.29) is 29.5 Å². The van der Waals surface area contributed by atoms with Crippen molar-refractivity contribution in [3.8, 4) is 11.5 Å². The largest absolute Gasteiger partial charge is 0.508 e. The molecular formula is C13H18N2O4. The van der Waals surface area contributed by atoms with Gasteiger partial charge in [-0.2, -0.15) is 0 Å². The molecule has 0 radical (unpaired) electrons. The summed E-state index contributed by atoms with van der Waals surface area (Å²) in [6.07, 6.45) is 1.25. The van der Waals surface area contributed by atoms with E-state index in [9.17, 15) is 19.8 Å². The van der Waals surface area contributed by atoms with E-state index in [0.29, 0.717) is 13.0 Å². The lowest BCUT2D eigenvalue weighted by molar-refractivity contribution is -0.121. The molecule has 0 saturated carbocycles. The summed E-state index contributed by atoms with van der Waals surface area (Å²) in [6.45, 7) is 2.54. The van der Waals surface area contributed by atoms with E-state index >= 15 is 0 Å². The molecule has 0 aliphatic heterocycles. The van der Waals surface area contributed by atoms with Gasteiger partial charge in [-0.25, -0.2) is 0 Å². The molecule has 0 bridgehead atoms. The highest BCUT2D eigenvalue weighted by molar-refractivity contribution is 5.95. The standard InChI is InChI=1S/C13H18N2O4/c1-2-3-12(18)14-4-5-15-13(19)9-6-10(16)8-11(17)7-9/h6-8,16-17H,2-5H2,1H3,(H,14,18)(H,15,19). The van der Waals surface area contributed by atoms with Crippen LogP contribution in [0.4, 0.5) is 0 Å². The molecule has 1 aromatic carbocycles. The Bertz CT molecular complexity index is 440. The zero-order valence-electron chi connectivity index (χ0n) is 10.8. The number of nitrogens with one attached hydrogen (secondary N) is 2. The summed E-state index contributed by atoms with van der Waals surface area (Å²) in [7, 11) is 0. The van der Waals surface area contributed by atoms with Crippen molar-refractivity contribution in [3.63, 3.8) is 0 Å². The molecule has 104 valence electrons. The van der Waals surface area contributed by atoms with Crippen molar-refractivity contribution in [2.45, 2.75) is 19.8 Å². The fraction of sp³-hybridized carbons (Fsp3) is 0.385. The molecule has 6 nitrogen and oxygen atoms in total. The molecule has 0 aliphatic carbocycles. The fourth-order valence-corrected chi connectivity index (χ4v) is 1.52. The van der Waals surface area contributed by atoms with Crippen LogP contribution in [-0.4, -0.2) is 35.1 Å². The average molecular weight is 266 g/mol. The number of rotatable bonds is 6. The van der Waals surface area contributed by atoms with Crippen LogP contribution in [0.3, 0.4) is 0 Å². The number of carbonyl (C=O) groups excluding carboxylic acids is 2. The minimum atomic E-state index is -0.420. The first-order valence-corrected chi connectivity index (χ1v) is 6.11. The smallest absolute Gasteiger partial charge is 0.251 e. The summed E-state index contributed by atoms with van der Waals surface area (Å²) in [6, 6.07) is 3.65. The summed E-state index contributed by atoms with van der Waals surface area (Å²) in [4.78, 5) is 22.8. The van der Waals surface area contributed by atoms with Crippen LogP contribution in [0.2, 0.25) is 0 Å². The van der Waals surface area contributed by atoms with Gasteiger partial charge < -0.3 is 20.8 Å². The monoisotopic (exact) mass is 266 g/mol. The molecule has 0 aromatic heterocycles. The maximum atomic E-state index is 11.7. The fourth-order valence-electron chi connectivity index (χ4n) is 1.52. The second-order valence-electron chi connectivity index (χ2n) is 4.09. The number of amides is 2. The third kappa shape index (κ3) is 5.29. The summed E-state index contributed by atoms with van der Waals surface area (Å²) in [5, 5.41) is 23.7. The topological polar surface area (TPSA) is 98.7 Å². The van der Waals surface area contributed by atoms with Crippen LogP contribution in [0.15, 0.2) is 18.2 Å². The lowest BCUT2D eigenvalue weighted by atomic mass is 10.2. The van der Waals surface area contributed by atoms with Crippen LogP contribution < -0.4 is 10.6 Å². The molecular weight excluding hydrogens is 248 g/mol. The Morgan fingerprint density at radius 1 is 1.05 bits per heavy atom. The Morgan fingerprint density at radius 3 is 2.21 bits per heavy atom. The van der Waals surface area contributed by atoms with Crippen LogP contribution in [0.1, 0.15) is 30.1 Å². The van der Waals surface area contributed by atoms with E-state index in [0.717, 1.165) is 12.5 Å². The molecule has 0 heterocycles. The van der Waals surface area contributed by atoms with Gasteiger partial charge in [-0.15, -0.1) is 0 Å². The Labute approximate surface area is 111 Å². The number of hydrogen-bond acceptors (Lipinski definition) is 4. The van der Waals surface area contributed by atoms with Gasteiger partial charge in [0.2, 0.25) is 5.91 Å². The molecule has 6 heteroatoms. The normalized spacial score (nSPS) is 9.95. The van der Waals surface area contributed by atoms with Crippen molar-refractivity contribution in [3.05, 3.63) is 23.8 Å². The van der Waals surface area contributed by atoms with Gasteiger partial charge in [-0.1, -0.05) is 6.92 Å². The highest BCUT2D eigenvalue weighted by Gasteiger charge is 2.08. The van der Waals surface area contributed by atoms with Crippen molar-refractivity contribution in [2.24, 2.45) is 0 Å². The maximum absolute atomic E-state index is 11.7. The van der Waals surface area contributed by atoms with Crippen molar-refractivity contribution in [2.75, 3.05) is 13.1 Å². The van der Waals surface area contributed by atoms with E-state index in [2.05, 4.69) is 10.6 Å². The van der Waals surface area contributed by atoms with Gasteiger partial charge in [0.15, 0.2) is 0 Å². The molecule has 0 fully saturated rings. The molecule has 2 amide bonds. The molecule has 4 N–H and O–H groups in total. The summed E-state index contributed by atoms with van der Waals surface area (Å²) in [5.41, 5.74) is 0.164. The highest BCUT2D eigenvalue weighted by atomic mass is 16.3. The molecule has 0 unspecified atom stereocenters. The Morgan fingerprint density at radius 2 is 1.63 bits per heavy atom. The predicted octanol–water partition coefficient (Wildman–Crippen LogP) is 0.744. The maximum Gasteiger partial charge on any atom is 0.251 e. The SMILES string of the molecule is CCCC(=O)NCCNC(=O)c1cc(O)cc(O)c1. The lowest BCUT2D eigenvalue weighted by Crippen LogP contribution is -2.34. The Balaban J connectivity index is 2.37. The molecule has 19 heavy (non-hydrogen) atoms. The minimum Gasteiger partial charge on any atom is -0.508 e. The molecule has 0 saturated heterocycles. The van der Waals surface area contributed by atoms with E-state index in [4.69, 9.17) is 0 Å². The van der Waals surface area contributed by atoms with E-state index < -0.39 is 5.91 Å². The summed E-state index contributed by atoms with van der Waals surface area (Å²) in [5.74, 6) is -0.828. The first-order valence-electron chi connectivity index (χ1n) is 6.11. The van der Waals surface area contributed by atoms with Gasteiger partial charge >= 0.3 is 0 Å². The molecule has 0 spiro atoms. The zero-order valence-corrected chi connectivity index (χ0v) is 10.8. The average Bonchev–Trinajstić information content (AvgIpc) is 2.33. The van der Waals surface area contributed by atoms with Crippen LogP contribution in [0, 0.1) is 0 Å². The van der Waals surface area contributed by atoms with Crippen LogP contribution >= 0.6 is 0 Å². The second-order valence-corrected chi connectivity index (χ2v) is 4.09.